The number of sulfonamides is 1. The Morgan fingerprint density at radius 1 is 1.19 bits per heavy atom. The largest absolute Gasteiger partial charge is 0.460 e. The average molecular weight is 499 g/mol. The summed E-state index contributed by atoms with van der Waals surface area (Å²) in [5.74, 6) is -0.347. The first-order valence-electron chi connectivity index (χ1n) is 10.3. The summed E-state index contributed by atoms with van der Waals surface area (Å²) in [4.78, 5) is 27.8. The molecule has 0 N–H and O–H groups in total. The van der Waals surface area contributed by atoms with Gasteiger partial charge >= 0.3 is 5.97 Å². The highest BCUT2D eigenvalue weighted by Crippen LogP contribution is 2.38. The van der Waals surface area contributed by atoms with E-state index in [1.54, 1.807) is 29.7 Å². The number of carbonyl (C=O) groups is 2. The number of carbonyl (C=O) groups excluding carboxylic acids is 2. The number of furan rings is 1. The molecule has 1 aromatic heterocycles. The second-order valence-electron chi connectivity index (χ2n) is 7.47. The van der Waals surface area contributed by atoms with Gasteiger partial charge in [-0.3, -0.25) is 4.79 Å². The van der Waals surface area contributed by atoms with Crippen molar-refractivity contribution >= 4 is 50.9 Å². The fourth-order valence-electron chi connectivity index (χ4n) is 3.88. The molecular formula is C21H23ClN2O6S2. The van der Waals surface area contributed by atoms with E-state index in [2.05, 4.69) is 0 Å². The van der Waals surface area contributed by atoms with Crippen LogP contribution in [0.5, 0.6) is 0 Å². The first kappa shape index (κ1) is 23.2. The van der Waals surface area contributed by atoms with Gasteiger partial charge in [0.05, 0.1) is 12.3 Å². The van der Waals surface area contributed by atoms with Gasteiger partial charge in [-0.05, 0) is 50.1 Å². The van der Waals surface area contributed by atoms with Crippen molar-refractivity contribution in [2.45, 2.75) is 29.8 Å². The van der Waals surface area contributed by atoms with Gasteiger partial charge in [0, 0.05) is 41.2 Å². The van der Waals surface area contributed by atoms with Crippen molar-refractivity contribution in [3.63, 3.8) is 0 Å². The van der Waals surface area contributed by atoms with E-state index >= 15 is 0 Å². The van der Waals surface area contributed by atoms with Crippen LogP contribution in [-0.2, 0) is 19.6 Å². The van der Waals surface area contributed by atoms with Crippen LogP contribution in [-0.4, -0.2) is 56.6 Å². The second-order valence-corrected chi connectivity index (χ2v) is 10.9. The molecule has 0 bridgehead atoms. The average Bonchev–Trinajstić information content (AvgIpc) is 3.30. The molecule has 2 aliphatic heterocycles. The summed E-state index contributed by atoms with van der Waals surface area (Å²) in [6, 6.07) is 8.08. The highest BCUT2D eigenvalue weighted by molar-refractivity contribution is 7.99. The third kappa shape index (κ3) is 4.54. The van der Waals surface area contributed by atoms with Crippen LogP contribution in [0.15, 0.2) is 44.7 Å². The van der Waals surface area contributed by atoms with Crippen LogP contribution >= 0.6 is 23.4 Å². The quantitative estimate of drug-likeness (QED) is 0.580. The number of nitrogens with zero attached hydrogens (tertiary/aromatic N) is 2. The molecule has 1 saturated heterocycles. The third-order valence-corrected chi connectivity index (χ3v) is 8.56. The van der Waals surface area contributed by atoms with Crippen LogP contribution in [0, 0.1) is 5.92 Å². The predicted molar refractivity (Wildman–Crippen MR) is 121 cm³/mol. The minimum Gasteiger partial charge on any atom is -0.460 e. The zero-order valence-corrected chi connectivity index (χ0v) is 19.8. The van der Waals surface area contributed by atoms with Crippen LogP contribution in [0.4, 0.5) is 5.69 Å². The highest BCUT2D eigenvalue weighted by atomic mass is 35.5. The normalized spacial score (nSPS) is 17.8. The Morgan fingerprint density at radius 2 is 1.94 bits per heavy atom. The Balaban J connectivity index is 1.43. The lowest BCUT2D eigenvalue weighted by Gasteiger charge is -2.35. The number of esters is 1. The Morgan fingerprint density at radius 3 is 2.66 bits per heavy atom. The highest BCUT2D eigenvalue weighted by Gasteiger charge is 2.36. The first-order chi connectivity index (χ1) is 15.3. The molecule has 1 aromatic carbocycles. The monoisotopic (exact) mass is 498 g/mol. The van der Waals surface area contributed by atoms with Crippen molar-refractivity contribution < 1.29 is 27.2 Å². The molecule has 0 unspecified atom stereocenters. The number of ether oxygens (including phenoxy) is 1. The molecule has 2 aromatic rings. The molecule has 32 heavy (non-hydrogen) atoms. The zero-order valence-electron chi connectivity index (χ0n) is 17.5. The topological polar surface area (TPSA) is 97.1 Å². The number of anilines is 1. The number of hydrogen-bond donors (Lipinski definition) is 0. The maximum atomic E-state index is 13.2. The van der Waals surface area contributed by atoms with Crippen molar-refractivity contribution in [1.82, 2.24) is 4.31 Å². The van der Waals surface area contributed by atoms with Gasteiger partial charge < -0.3 is 14.1 Å². The van der Waals surface area contributed by atoms with E-state index < -0.39 is 16.0 Å². The SMILES string of the molecule is CCOC(=O)c1ccc(S(=O)(=O)N2CCC(C(=O)N3CCSc4ccc(Cl)cc43)CC2)o1. The Labute approximate surface area is 195 Å². The van der Waals surface area contributed by atoms with Crippen LogP contribution < -0.4 is 4.90 Å². The third-order valence-electron chi connectivity index (χ3n) is 5.51. The minimum atomic E-state index is -3.90. The molecule has 2 aliphatic rings. The minimum absolute atomic E-state index is 0.00606. The molecule has 0 saturated carbocycles. The second kappa shape index (κ2) is 9.46. The number of amides is 1. The summed E-state index contributed by atoms with van der Waals surface area (Å²) in [6.45, 7) is 2.80. The van der Waals surface area contributed by atoms with Gasteiger partial charge in [0.2, 0.25) is 16.8 Å². The first-order valence-corrected chi connectivity index (χ1v) is 13.1. The van der Waals surface area contributed by atoms with Gasteiger partial charge in [-0.15, -0.1) is 11.8 Å². The lowest BCUT2D eigenvalue weighted by atomic mass is 9.96. The van der Waals surface area contributed by atoms with E-state index in [1.807, 2.05) is 12.1 Å². The summed E-state index contributed by atoms with van der Waals surface area (Å²) < 4.78 is 37.2. The van der Waals surface area contributed by atoms with Gasteiger partial charge in [0.25, 0.3) is 10.0 Å². The van der Waals surface area contributed by atoms with E-state index in [0.717, 1.165) is 16.3 Å². The zero-order chi connectivity index (χ0) is 22.9. The van der Waals surface area contributed by atoms with Crippen molar-refractivity contribution in [3.05, 3.63) is 41.1 Å². The maximum absolute atomic E-state index is 13.2. The molecule has 3 heterocycles. The number of thioether (sulfide) groups is 1. The van der Waals surface area contributed by atoms with E-state index in [9.17, 15) is 18.0 Å². The van der Waals surface area contributed by atoms with E-state index in [1.165, 1.54) is 16.4 Å². The van der Waals surface area contributed by atoms with Gasteiger partial charge in [-0.2, -0.15) is 4.31 Å². The molecule has 8 nitrogen and oxygen atoms in total. The fourth-order valence-corrected chi connectivity index (χ4v) is 6.40. The number of fused-ring (bicyclic) bond motifs is 1. The summed E-state index contributed by atoms with van der Waals surface area (Å²) in [6.07, 6.45) is 0.812. The Kier molecular flexibility index (Phi) is 6.85. The molecule has 1 fully saturated rings. The molecular weight excluding hydrogens is 476 g/mol. The molecule has 0 spiro atoms. The summed E-state index contributed by atoms with van der Waals surface area (Å²) in [7, 11) is -3.90. The molecule has 0 aliphatic carbocycles. The van der Waals surface area contributed by atoms with Crippen molar-refractivity contribution in [2.24, 2.45) is 5.92 Å². The molecule has 1 amide bonds. The van der Waals surface area contributed by atoms with E-state index in [-0.39, 0.29) is 42.4 Å². The van der Waals surface area contributed by atoms with Crippen molar-refractivity contribution in [1.29, 1.82) is 0 Å². The van der Waals surface area contributed by atoms with Gasteiger partial charge in [0.15, 0.2) is 0 Å². The van der Waals surface area contributed by atoms with E-state index in [4.69, 9.17) is 20.8 Å². The maximum Gasteiger partial charge on any atom is 0.374 e. The van der Waals surface area contributed by atoms with Crippen molar-refractivity contribution in [3.8, 4) is 0 Å². The Bertz CT molecular complexity index is 1130. The van der Waals surface area contributed by atoms with Gasteiger partial charge in [-0.25, -0.2) is 13.2 Å². The predicted octanol–water partition coefficient (Wildman–Crippen LogP) is 3.65. The van der Waals surface area contributed by atoms with Gasteiger partial charge in [0.1, 0.15) is 0 Å². The summed E-state index contributed by atoms with van der Waals surface area (Å²) in [5.41, 5.74) is 0.816. The lowest BCUT2D eigenvalue weighted by molar-refractivity contribution is -0.123. The Hall–Kier alpha value is -2.01. The number of hydrogen-bond acceptors (Lipinski definition) is 7. The number of halogens is 1. The summed E-state index contributed by atoms with van der Waals surface area (Å²) in [5, 5.41) is 0.271. The van der Waals surface area contributed by atoms with Crippen LogP contribution in [0.2, 0.25) is 5.02 Å². The van der Waals surface area contributed by atoms with Crippen LogP contribution in [0.25, 0.3) is 0 Å². The van der Waals surface area contributed by atoms with Crippen LogP contribution in [0.1, 0.15) is 30.3 Å². The van der Waals surface area contributed by atoms with Gasteiger partial charge in [-0.1, -0.05) is 11.6 Å². The van der Waals surface area contributed by atoms with Crippen molar-refractivity contribution in [2.75, 3.05) is 36.9 Å². The number of piperidine rings is 1. The summed E-state index contributed by atoms with van der Waals surface area (Å²) >= 11 is 7.83. The molecule has 0 radical (unpaired) electrons. The molecule has 0 atom stereocenters. The fraction of sp³-hybridized carbons (Fsp3) is 0.429. The molecule has 4 rings (SSSR count). The lowest BCUT2D eigenvalue weighted by Crippen LogP contribution is -2.45. The molecule has 172 valence electrons. The number of benzene rings is 1. The van der Waals surface area contributed by atoms with E-state index in [0.29, 0.717) is 24.4 Å². The standard InChI is InChI=1S/C21H23ClN2O6S2/c1-2-29-21(26)17-4-6-19(30-17)32(27,28)23-9-7-14(8-10-23)20(25)24-11-12-31-18-5-3-15(22)13-16(18)24/h3-6,13-14H,2,7-12H2,1H3. The van der Waals surface area contributed by atoms with Crippen LogP contribution in [0.3, 0.4) is 0 Å². The smallest absolute Gasteiger partial charge is 0.374 e. The number of rotatable bonds is 5. The molecule has 11 heteroatoms.